The molecule has 0 bridgehead atoms. The van der Waals surface area contributed by atoms with Crippen molar-refractivity contribution < 1.29 is 4.74 Å². The number of anilines is 1. The van der Waals surface area contributed by atoms with Crippen LogP contribution in [-0.4, -0.2) is 32.2 Å². The first-order chi connectivity index (χ1) is 8.26. The van der Waals surface area contributed by atoms with Gasteiger partial charge in [0, 0.05) is 31.6 Å². The summed E-state index contributed by atoms with van der Waals surface area (Å²) in [5.74, 6) is 0. The standard InChI is InChI=1S/C12H21N3OS/c1-13-7-11-10(8-16-3)14-12(17-11)15(2)9-5-4-6-9/h9,13H,4-8H2,1-3H3. The number of nitrogens with one attached hydrogen (secondary N) is 1. The van der Waals surface area contributed by atoms with E-state index in [2.05, 4.69) is 17.3 Å². The quantitative estimate of drug-likeness (QED) is 0.843. The van der Waals surface area contributed by atoms with E-state index in [1.165, 1.54) is 24.1 Å². The van der Waals surface area contributed by atoms with Crippen molar-refractivity contribution in [1.82, 2.24) is 10.3 Å². The van der Waals surface area contributed by atoms with Crippen LogP contribution in [0.15, 0.2) is 0 Å². The number of aromatic nitrogens is 1. The molecule has 1 aromatic heterocycles. The van der Waals surface area contributed by atoms with Gasteiger partial charge in [-0.25, -0.2) is 4.98 Å². The van der Waals surface area contributed by atoms with Crippen LogP contribution in [-0.2, 0) is 17.9 Å². The number of nitrogens with zero attached hydrogens (tertiary/aromatic N) is 2. The zero-order valence-electron chi connectivity index (χ0n) is 10.8. The summed E-state index contributed by atoms with van der Waals surface area (Å²) in [4.78, 5) is 8.31. The second-order valence-electron chi connectivity index (χ2n) is 4.53. The zero-order valence-corrected chi connectivity index (χ0v) is 11.6. The molecule has 1 heterocycles. The molecule has 5 heteroatoms. The Labute approximate surface area is 107 Å². The molecule has 0 saturated heterocycles. The Morgan fingerprint density at radius 2 is 2.29 bits per heavy atom. The van der Waals surface area contributed by atoms with Gasteiger partial charge in [0.2, 0.25) is 0 Å². The summed E-state index contributed by atoms with van der Waals surface area (Å²) in [6, 6.07) is 0.694. The largest absolute Gasteiger partial charge is 0.378 e. The van der Waals surface area contributed by atoms with Crippen molar-refractivity contribution in [3.8, 4) is 0 Å². The van der Waals surface area contributed by atoms with Gasteiger partial charge >= 0.3 is 0 Å². The van der Waals surface area contributed by atoms with E-state index in [0.717, 1.165) is 17.4 Å². The van der Waals surface area contributed by atoms with Crippen LogP contribution in [0.5, 0.6) is 0 Å². The highest BCUT2D eigenvalue weighted by Crippen LogP contribution is 2.32. The number of hydrogen-bond acceptors (Lipinski definition) is 5. The minimum Gasteiger partial charge on any atom is -0.378 e. The first-order valence-electron chi connectivity index (χ1n) is 6.11. The van der Waals surface area contributed by atoms with E-state index < -0.39 is 0 Å². The highest BCUT2D eigenvalue weighted by molar-refractivity contribution is 7.15. The summed E-state index contributed by atoms with van der Waals surface area (Å²) in [6.45, 7) is 1.47. The predicted octanol–water partition coefficient (Wildman–Crippen LogP) is 2.00. The van der Waals surface area contributed by atoms with Crippen molar-refractivity contribution in [3.63, 3.8) is 0 Å². The summed E-state index contributed by atoms with van der Waals surface area (Å²) in [6.07, 6.45) is 3.96. The molecule has 2 rings (SSSR count). The summed E-state index contributed by atoms with van der Waals surface area (Å²) < 4.78 is 5.21. The molecule has 0 unspecified atom stereocenters. The lowest BCUT2D eigenvalue weighted by Crippen LogP contribution is -2.37. The number of ether oxygens (including phenoxy) is 1. The fraction of sp³-hybridized carbons (Fsp3) is 0.750. The SMILES string of the molecule is CNCc1sc(N(C)C2CCC2)nc1COC. The molecule has 4 nitrogen and oxygen atoms in total. The van der Waals surface area contributed by atoms with Crippen LogP contribution in [0.2, 0.25) is 0 Å². The average molecular weight is 255 g/mol. The molecule has 1 aliphatic rings. The molecule has 0 radical (unpaired) electrons. The maximum absolute atomic E-state index is 5.21. The van der Waals surface area contributed by atoms with E-state index in [0.29, 0.717) is 12.6 Å². The van der Waals surface area contributed by atoms with Crippen LogP contribution in [0.3, 0.4) is 0 Å². The minimum absolute atomic E-state index is 0.603. The number of methoxy groups -OCH3 is 1. The van der Waals surface area contributed by atoms with Crippen LogP contribution in [0.1, 0.15) is 29.8 Å². The summed E-state index contributed by atoms with van der Waals surface area (Å²) in [7, 11) is 5.84. The van der Waals surface area contributed by atoms with Crippen molar-refractivity contribution in [2.45, 2.75) is 38.5 Å². The van der Waals surface area contributed by atoms with Gasteiger partial charge in [-0.1, -0.05) is 0 Å². The van der Waals surface area contributed by atoms with Crippen molar-refractivity contribution in [2.24, 2.45) is 0 Å². The number of rotatable bonds is 6. The summed E-state index contributed by atoms with van der Waals surface area (Å²) in [5.41, 5.74) is 1.08. The van der Waals surface area contributed by atoms with E-state index in [1.54, 1.807) is 18.4 Å². The Morgan fingerprint density at radius 3 is 2.82 bits per heavy atom. The second kappa shape index (κ2) is 5.80. The normalized spacial score (nSPS) is 15.9. The molecule has 0 spiro atoms. The Balaban J connectivity index is 2.13. The summed E-state index contributed by atoms with van der Waals surface area (Å²) in [5, 5.41) is 4.32. The van der Waals surface area contributed by atoms with Gasteiger partial charge in [-0.2, -0.15) is 0 Å². The molecule has 0 amide bonds. The molecule has 0 aromatic carbocycles. The fourth-order valence-electron chi connectivity index (χ4n) is 2.00. The topological polar surface area (TPSA) is 37.4 Å². The van der Waals surface area contributed by atoms with Crippen molar-refractivity contribution in [2.75, 3.05) is 26.1 Å². The molecule has 1 aliphatic carbocycles. The molecular formula is C12H21N3OS. The fourth-order valence-corrected chi connectivity index (χ4v) is 3.11. The zero-order chi connectivity index (χ0) is 12.3. The first-order valence-corrected chi connectivity index (χ1v) is 6.93. The second-order valence-corrected chi connectivity index (χ2v) is 5.59. The molecule has 0 atom stereocenters. The third kappa shape index (κ3) is 2.78. The Hall–Kier alpha value is -0.650. The average Bonchev–Trinajstić information content (AvgIpc) is 2.60. The van der Waals surface area contributed by atoms with Gasteiger partial charge in [-0.15, -0.1) is 11.3 Å². The van der Waals surface area contributed by atoms with E-state index in [1.807, 2.05) is 7.05 Å². The smallest absolute Gasteiger partial charge is 0.185 e. The van der Waals surface area contributed by atoms with E-state index in [9.17, 15) is 0 Å². The van der Waals surface area contributed by atoms with Crippen molar-refractivity contribution in [3.05, 3.63) is 10.6 Å². The molecule has 17 heavy (non-hydrogen) atoms. The molecule has 1 aromatic rings. The van der Waals surface area contributed by atoms with E-state index >= 15 is 0 Å². The molecule has 1 N–H and O–H groups in total. The molecular weight excluding hydrogens is 234 g/mol. The highest BCUT2D eigenvalue weighted by Gasteiger charge is 2.25. The maximum atomic E-state index is 5.21. The Bertz CT molecular complexity index is 339. The van der Waals surface area contributed by atoms with Gasteiger partial charge in [0.25, 0.3) is 0 Å². The van der Waals surface area contributed by atoms with Crippen molar-refractivity contribution in [1.29, 1.82) is 0 Å². The third-order valence-corrected chi connectivity index (χ3v) is 4.50. The van der Waals surface area contributed by atoms with Gasteiger partial charge < -0.3 is 15.0 Å². The first kappa shape index (κ1) is 12.8. The lowest BCUT2D eigenvalue weighted by Gasteiger charge is -2.34. The molecule has 96 valence electrons. The van der Waals surface area contributed by atoms with Crippen LogP contribution in [0.4, 0.5) is 5.13 Å². The lowest BCUT2D eigenvalue weighted by atomic mass is 9.92. The van der Waals surface area contributed by atoms with Crippen LogP contribution in [0.25, 0.3) is 0 Å². The van der Waals surface area contributed by atoms with Crippen LogP contribution >= 0.6 is 11.3 Å². The van der Waals surface area contributed by atoms with Crippen molar-refractivity contribution >= 4 is 16.5 Å². The van der Waals surface area contributed by atoms with Crippen LogP contribution in [0, 0.1) is 0 Å². The lowest BCUT2D eigenvalue weighted by molar-refractivity contribution is 0.181. The Kier molecular flexibility index (Phi) is 4.36. The molecule has 0 aliphatic heterocycles. The third-order valence-electron chi connectivity index (χ3n) is 3.31. The Morgan fingerprint density at radius 1 is 1.53 bits per heavy atom. The van der Waals surface area contributed by atoms with Gasteiger partial charge in [-0.05, 0) is 26.3 Å². The van der Waals surface area contributed by atoms with Gasteiger partial charge in [0.1, 0.15) is 0 Å². The predicted molar refractivity (Wildman–Crippen MR) is 71.6 cm³/mol. The molecule has 1 fully saturated rings. The summed E-state index contributed by atoms with van der Waals surface area (Å²) >= 11 is 1.78. The van der Waals surface area contributed by atoms with Crippen LogP contribution < -0.4 is 10.2 Å². The number of thiazole rings is 1. The van der Waals surface area contributed by atoms with Gasteiger partial charge in [-0.3, -0.25) is 0 Å². The van der Waals surface area contributed by atoms with E-state index in [-0.39, 0.29) is 0 Å². The highest BCUT2D eigenvalue weighted by atomic mass is 32.1. The monoisotopic (exact) mass is 255 g/mol. The van der Waals surface area contributed by atoms with Gasteiger partial charge in [0.15, 0.2) is 5.13 Å². The van der Waals surface area contributed by atoms with E-state index in [4.69, 9.17) is 9.72 Å². The molecule has 1 saturated carbocycles. The minimum atomic E-state index is 0.603. The van der Waals surface area contributed by atoms with Gasteiger partial charge in [0.05, 0.1) is 12.3 Å². The number of hydrogen-bond donors (Lipinski definition) is 1. The maximum Gasteiger partial charge on any atom is 0.185 e.